The summed E-state index contributed by atoms with van der Waals surface area (Å²) in [5.74, 6) is 0.134. The summed E-state index contributed by atoms with van der Waals surface area (Å²) in [4.78, 5) is 26.5. The zero-order valence-corrected chi connectivity index (χ0v) is 15.3. The van der Waals surface area contributed by atoms with Crippen molar-refractivity contribution in [2.45, 2.75) is 25.3 Å². The van der Waals surface area contributed by atoms with Crippen molar-refractivity contribution < 1.29 is 18.7 Å². The van der Waals surface area contributed by atoms with E-state index >= 15 is 0 Å². The van der Waals surface area contributed by atoms with Gasteiger partial charge in [-0.05, 0) is 48.7 Å². The Balaban J connectivity index is 1.47. The van der Waals surface area contributed by atoms with Crippen LogP contribution in [0.1, 0.15) is 28.8 Å². The van der Waals surface area contributed by atoms with E-state index in [2.05, 4.69) is 5.32 Å². The molecule has 5 nitrogen and oxygen atoms in total. The van der Waals surface area contributed by atoms with Crippen molar-refractivity contribution in [1.29, 1.82) is 0 Å². The van der Waals surface area contributed by atoms with Crippen LogP contribution in [-0.4, -0.2) is 43.0 Å². The highest BCUT2D eigenvalue weighted by molar-refractivity contribution is 5.94. The second kappa shape index (κ2) is 8.66. The Kier molecular flexibility index (Phi) is 6.06. The summed E-state index contributed by atoms with van der Waals surface area (Å²) in [5, 5.41) is 2.93. The van der Waals surface area contributed by atoms with Crippen molar-refractivity contribution in [1.82, 2.24) is 10.2 Å². The number of benzene rings is 2. The fourth-order valence-electron chi connectivity index (χ4n) is 3.20. The summed E-state index contributed by atoms with van der Waals surface area (Å²) in [6, 6.07) is 13.1. The largest absolute Gasteiger partial charge is 0.497 e. The van der Waals surface area contributed by atoms with Crippen LogP contribution in [-0.2, 0) is 11.2 Å². The van der Waals surface area contributed by atoms with Gasteiger partial charge in [0.25, 0.3) is 5.91 Å². The van der Waals surface area contributed by atoms with Gasteiger partial charge in [0.1, 0.15) is 11.6 Å². The molecule has 0 radical (unpaired) electrons. The van der Waals surface area contributed by atoms with Crippen molar-refractivity contribution >= 4 is 11.8 Å². The maximum Gasteiger partial charge on any atom is 0.251 e. The fourth-order valence-corrected chi connectivity index (χ4v) is 3.20. The quantitative estimate of drug-likeness (QED) is 0.881. The van der Waals surface area contributed by atoms with Crippen molar-refractivity contribution in [3.63, 3.8) is 0 Å². The number of halogens is 1. The van der Waals surface area contributed by atoms with Crippen LogP contribution in [0.25, 0.3) is 0 Å². The van der Waals surface area contributed by atoms with Crippen LogP contribution in [0, 0.1) is 5.82 Å². The Labute approximate surface area is 158 Å². The Morgan fingerprint density at radius 2 is 1.85 bits per heavy atom. The molecule has 2 aromatic carbocycles. The molecule has 2 aromatic rings. The van der Waals surface area contributed by atoms with Gasteiger partial charge in [-0.15, -0.1) is 0 Å². The molecule has 6 heteroatoms. The molecule has 1 aliphatic heterocycles. The molecule has 1 saturated heterocycles. The minimum atomic E-state index is -0.429. The fraction of sp³-hybridized carbons (Fsp3) is 0.333. The molecule has 0 atom stereocenters. The van der Waals surface area contributed by atoms with E-state index in [1.54, 1.807) is 13.2 Å². The second-order valence-corrected chi connectivity index (χ2v) is 6.66. The molecule has 0 spiro atoms. The summed E-state index contributed by atoms with van der Waals surface area (Å²) in [6.45, 7) is 1.20. The first kappa shape index (κ1) is 18.9. The van der Waals surface area contributed by atoms with Crippen LogP contribution < -0.4 is 10.1 Å². The predicted octanol–water partition coefficient (Wildman–Crippen LogP) is 2.80. The van der Waals surface area contributed by atoms with E-state index in [4.69, 9.17) is 4.74 Å². The Bertz CT molecular complexity index is 799. The summed E-state index contributed by atoms with van der Waals surface area (Å²) >= 11 is 0. The Morgan fingerprint density at radius 1 is 1.15 bits per heavy atom. The van der Waals surface area contributed by atoms with E-state index < -0.39 is 5.82 Å². The van der Waals surface area contributed by atoms with Crippen molar-refractivity contribution in [3.05, 3.63) is 65.5 Å². The molecule has 1 fully saturated rings. The molecule has 2 amide bonds. The SMILES string of the molecule is COc1ccc(CC(=O)N2CCC(NC(=O)c3cccc(F)c3)CC2)cc1. The summed E-state index contributed by atoms with van der Waals surface area (Å²) < 4.78 is 18.4. The average molecular weight is 370 g/mol. The van der Waals surface area contributed by atoms with Crippen molar-refractivity contribution in [3.8, 4) is 5.75 Å². The molecular weight excluding hydrogens is 347 g/mol. The maximum atomic E-state index is 13.2. The lowest BCUT2D eigenvalue weighted by Crippen LogP contribution is -2.47. The number of hydrogen-bond donors (Lipinski definition) is 1. The monoisotopic (exact) mass is 370 g/mol. The normalized spacial score (nSPS) is 14.7. The van der Waals surface area contributed by atoms with Crippen LogP contribution >= 0.6 is 0 Å². The van der Waals surface area contributed by atoms with Gasteiger partial charge >= 0.3 is 0 Å². The van der Waals surface area contributed by atoms with Gasteiger partial charge in [0.05, 0.1) is 13.5 Å². The van der Waals surface area contributed by atoms with Crippen LogP contribution in [0.4, 0.5) is 4.39 Å². The maximum absolute atomic E-state index is 13.2. The van der Waals surface area contributed by atoms with E-state index in [-0.39, 0.29) is 17.9 Å². The van der Waals surface area contributed by atoms with Gasteiger partial charge in [-0.3, -0.25) is 9.59 Å². The number of hydrogen-bond acceptors (Lipinski definition) is 3. The number of nitrogens with zero attached hydrogens (tertiary/aromatic N) is 1. The van der Waals surface area contributed by atoms with Crippen LogP contribution in [0.5, 0.6) is 5.75 Å². The number of rotatable bonds is 5. The molecule has 0 unspecified atom stereocenters. The van der Waals surface area contributed by atoms with Crippen molar-refractivity contribution in [2.24, 2.45) is 0 Å². The number of nitrogens with one attached hydrogen (secondary N) is 1. The Hall–Kier alpha value is -2.89. The highest BCUT2D eigenvalue weighted by Gasteiger charge is 2.24. The average Bonchev–Trinajstić information content (AvgIpc) is 2.69. The molecule has 1 heterocycles. The van der Waals surface area contributed by atoms with E-state index in [1.165, 1.54) is 18.2 Å². The molecular formula is C21H23FN2O3. The predicted molar refractivity (Wildman–Crippen MR) is 100 cm³/mol. The van der Waals surface area contributed by atoms with Crippen molar-refractivity contribution in [2.75, 3.05) is 20.2 Å². The number of amides is 2. The topological polar surface area (TPSA) is 58.6 Å². The van der Waals surface area contributed by atoms with Gasteiger partial charge in [-0.2, -0.15) is 0 Å². The number of carbonyl (C=O) groups is 2. The molecule has 0 saturated carbocycles. The molecule has 27 heavy (non-hydrogen) atoms. The van der Waals surface area contributed by atoms with E-state index in [9.17, 15) is 14.0 Å². The molecule has 1 aliphatic rings. The number of carbonyl (C=O) groups excluding carboxylic acids is 2. The lowest BCUT2D eigenvalue weighted by molar-refractivity contribution is -0.131. The minimum absolute atomic E-state index is 0.00852. The zero-order valence-electron chi connectivity index (χ0n) is 15.3. The number of piperidine rings is 1. The van der Waals surface area contributed by atoms with Gasteiger partial charge in [-0.25, -0.2) is 4.39 Å². The smallest absolute Gasteiger partial charge is 0.251 e. The molecule has 0 aromatic heterocycles. The summed E-state index contributed by atoms with van der Waals surface area (Å²) in [5.41, 5.74) is 1.26. The van der Waals surface area contributed by atoms with Gasteiger partial charge in [0, 0.05) is 24.7 Å². The standard InChI is InChI=1S/C21H23FN2O3/c1-27-19-7-5-15(6-8-19)13-20(25)24-11-9-18(10-12-24)23-21(26)16-3-2-4-17(22)14-16/h2-8,14,18H,9-13H2,1H3,(H,23,26). The van der Waals surface area contributed by atoms with Crippen LogP contribution in [0.2, 0.25) is 0 Å². The van der Waals surface area contributed by atoms with E-state index in [0.717, 1.165) is 11.3 Å². The zero-order chi connectivity index (χ0) is 19.2. The third kappa shape index (κ3) is 5.06. The molecule has 142 valence electrons. The number of methoxy groups -OCH3 is 1. The first-order chi connectivity index (χ1) is 13.0. The highest BCUT2D eigenvalue weighted by atomic mass is 19.1. The molecule has 3 rings (SSSR count). The lowest BCUT2D eigenvalue weighted by atomic mass is 10.0. The highest BCUT2D eigenvalue weighted by Crippen LogP contribution is 2.16. The second-order valence-electron chi connectivity index (χ2n) is 6.66. The first-order valence-electron chi connectivity index (χ1n) is 9.02. The molecule has 1 N–H and O–H groups in total. The first-order valence-corrected chi connectivity index (χ1v) is 9.02. The summed E-state index contributed by atoms with van der Waals surface area (Å²) in [6.07, 6.45) is 1.73. The van der Waals surface area contributed by atoms with Gasteiger partial charge in [0.15, 0.2) is 0 Å². The minimum Gasteiger partial charge on any atom is -0.497 e. The van der Waals surface area contributed by atoms with E-state index in [1.807, 2.05) is 29.2 Å². The van der Waals surface area contributed by atoms with Gasteiger partial charge in [0.2, 0.25) is 5.91 Å². The third-order valence-electron chi connectivity index (χ3n) is 4.78. The van der Waals surface area contributed by atoms with Crippen LogP contribution in [0.15, 0.2) is 48.5 Å². The lowest BCUT2D eigenvalue weighted by Gasteiger charge is -2.32. The number of likely N-dealkylation sites (tertiary alicyclic amines) is 1. The van der Waals surface area contributed by atoms with Gasteiger partial charge in [-0.1, -0.05) is 18.2 Å². The molecule has 0 bridgehead atoms. The van der Waals surface area contributed by atoms with Crippen LogP contribution in [0.3, 0.4) is 0 Å². The molecule has 0 aliphatic carbocycles. The van der Waals surface area contributed by atoms with Gasteiger partial charge < -0.3 is 15.0 Å². The van der Waals surface area contributed by atoms with E-state index in [0.29, 0.717) is 37.9 Å². The summed E-state index contributed by atoms with van der Waals surface area (Å²) in [7, 11) is 1.61. The third-order valence-corrected chi connectivity index (χ3v) is 4.78. The number of ether oxygens (including phenoxy) is 1. The Morgan fingerprint density at radius 3 is 2.48 bits per heavy atom.